The SMILES string of the molecule is COc1ncc(-c2cccc(-c3cc(C(F)(F)F)[nH]n3)n2)cn1. The summed E-state index contributed by atoms with van der Waals surface area (Å²) in [5.41, 5.74) is 0.618. The summed E-state index contributed by atoms with van der Waals surface area (Å²) in [5, 5.41) is 5.62. The van der Waals surface area contributed by atoms with Crippen molar-refractivity contribution in [1.29, 1.82) is 0 Å². The second-order valence-electron chi connectivity index (χ2n) is 4.53. The molecule has 3 aromatic rings. The Labute approximate surface area is 128 Å². The molecule has 0 spiro atoms. The standard InChI is InChI=1S/C14H10F3N5O/c1-23-13-18-6-8(7-19-13)9-3-2-4-10(20-9)11-5-12(22-21-11)14(15,16)17/h2-7H,1H3,(H,21,22). The number of rotatable bonds is 3. The Hall–Kier alpha value is -2.97. The number of halogens is 3. The van der Waals surface area contributed by atoms with Crippen LogP contribution in [0.15, 0.2) is 36.7 Å². The first-order valence-electron chi connectivity index (χ1n) is 6.44. The summed E-state index contributed by atoms with van der Waals surface area (Å²) in [5.74, 6) is 0. The van der Waals surface area contributed by atoms with Crippen LogP contribution in [0.3, 0.4) is 0 Å². The molecule has 0 radical (unpaired) electrons. The third-order valence-corrected chi connectivity index (χ3v) is 3.00. The van der Waals surface area contributed by atoms with Gasteiger partial charge in [-0.05, 0) is 18.2 Å². The van der Waals surface area contributed by atoms with E-state index in [0.29, 0.717) is 17.0 Å². The molecule has 9 heteroatoms. The van der Waals surface area contributed by atoms with Crippen LogP contribution in [0.25, 0.3) is 22.6 Å². The van der Waals surface area contributed by atoms with Gasteiger partial charge >= 0.3 is 12.2 Å². The van der Waals surface area contributed by atoms with E-state index in [9.17, 15) is 13.2 Å². The van der Waals surface area contributed by atoms with Gasteiger partial charge in [0.25, 0.3) is 0 Å². The summed E-state index contributed by atoms with van der Waals surface area (Å²) in [6, 6.07) is 6.07. The molecule has 0 atom stereocenters. The Bertz CT molecular complexity index is 814. The number of nitrogens with zero attached hydrogens (tertiary/aromatic N) is 4. The number of aromatic amines is 1. The fourth-order valence-electron chi connectivity index (χ4n) is 1.89. The average Bonchev–Trinajstić information content (AvgIpc) is 3.05. The fourth-order valence-corrected chi connectivity index (χ4v) is 1.89. The summed E-state index contributed by atoms with van der Waals surface area (Å²) < 4.78 is 42.7. The summed E-state index contributed by atoms with van der Waals surface area (Å²) in [6.07, 6.45) is -1.44. The molecule has 1 N–H and O–H groups in total. The van der Waals surface area contributed by atoms with Crippen molar-refractivity contribution in [3.63, 3.8) is 0 Å². The van der Waals surface area contributed by atoms with Gasteiger partial charge in [0.15, 0.2) is 0 Å². The van der Waals surface area contributed by atoms with Crippen LogP contribution < -0.4 is 4.74 Å². The van der Waals surface area contributed by atoms with Crippen LogP contribution >= 0.6 is 0 Å². The highest BCUT2D eigenvalue weighted by Gasteiger charge is 2.33. The lowest BCUT2D eigenvalue weighted by Gasteiger charge is -2.03. The number of aromatic nitrogens is 5. The molecule has 3 heterocycles. The van der Waals surface area contributed by atoms with Gasteiger partial charge in [-0.1, -0.05) is 6.07 Å². The molecule has 0 aromatic carbocycles. The minimum Gasteiger partial charge on any atom is -0.467 e. The van der Waals surface area contributed by atoms with Crippen LogP contribution in [0.2, 0.25) is 0 Å². The van der Waals surface area contributed by atoms with Gasteiger partial charge in [0, 0.05) is 18.0 Å². The maximum Gasteiger partial charge on any atom is 0.432 e. The minimum absolute atomic E-state index is 0.105. The summed E-state index contributed by atoms with van der Waals surface area (Å²) >= 11 is 0. The summed E-state index contributed by atoms with van der Waals surface area (Å²) in [4.78, 5) is 12.2. The van der Waals surface area contributed by atoms with Crippen molar-refractivity contribution in [1.82, 2.24) is 25.1 Å². The monoisotopic (exact) mass is 321 g/mol. The molecule has 0 saturated carbocycles. The van der Waals surface area contributed by atoms with Gasteiger partial charge in [-0.25, -0.2) is 15.0 Å². The maximum atomic E-state index is 12.6. The van der Waals surface area contributed by atoms with Crippen molar-refractivity contribution < 1.29 is 17.9 Å². The van der Waals surface area contributed by atoms with Crippen molar-refractivity contribution in [2.75, 3.05) is 7.11 Å². The van der Waals surface area contributed by atoms with E-state index in [-0.39, 0.29) is 11.7 Å². The molecule has 23 heavy (non-hydrogen) atoms. The number of ether oxygens (including phenoxy) is 1. The molecule has 0 fully saturated rings. The van der Waals surface area contributed by atoms with Crippen molar-refractivity contribution in [3.05, 3.63) is 42.4 Å². The predicted molar refractivity (Wildman–Crippen MR) is 74.4 cm³/mol. The lowest BCUT2D eigenvalue weighted by Crippen LogP contribution is -2.04. The highest BCUT2D eigenvalue weighted by atomic mass is 19.4. The highest BCUT2D eigenvalue weighted by Crippen LogP contribution is 2.30. The maximum absolute atomic E-state index is 12.6. The van der Waals surface area contributed by atoms with E-state index in [0.717, 1.165) is 6.07 Å². The van der Waals surface area contributed by atoms with E-state index in [4.69, 9.17) is 4.74 Å². The molecular formula is C14H10F3N5O. The van der Waals surface area contributed by atoms with Gasteiger partial charge < -0.3 is 4.74 Å². The molecule has 6 nitrogen and oxygen atoms in total. The molecule has 118 valence electrons. The van der Waals surface area contributed by atoms with E-state index in [1.165, 1.54) is 19.5 Å². The smallest absolute Gasteiger partial charge is 0.432 e. The summed E-state index contributed by atoms with van der Waals surface area (Å²) in [6.45, 7) is 0. The lowest BCUT2D eigenvalue weighted by atomic mass is 10.2. The first kappa shape index (κ1) is 14.9. The van der Waals surface area contributed by atoms with E-state index < -0.39 is 11.9 Å². The first-order chi connectivity index (χ1) is 11.0. The molecule has 0 aliphatic carbocycles. The number of alkyl halides is 3. The van der Waals surface area contributed by atoms with Crippen molar-refractivity contribution in [2.45, 2.75) is 6.18 Å². The molecule has 0 aliphatic rings. The van der Waals surface area contributed by atoms with Crippen molar-refractivity contribution in [2.24, 2.45) is 0 Å². The van der Waals surface area contributed by atoms with E-state index in [1.54, 1.807) is 18.2 Å². The zero-order valence-electron chi connectivity index (χ0n) is 11.8. The van der Waals surface area contributed by atoms with E-state index in [2.05, 4.69) is 20.1 Å². The summed E-state index contributed by atoms with van der Waals surface area (Å²) in [7, 11) is 1.45. The topological polar surface area (TPSA) is 76.6 Å². The van der Waals surface area contributed by atoms with E-state index >= 15 is 0 Å². The molecule has 0 saturated heterocycles. The van der Waals surface area contributed by atoms with Gasteiger partial charge in [-0.2, -0.15) is 18.3 Å². The number of methoxy groups -OCH3 is 1. The van der Waals surface area contributed by atoms with Gasteiger partial charge in [-0.3, -0.25) is 5.10 Å². The number of hydrogen-bond acceptors (Lipinski definition) is 5. The van der Waals surface area contributed by atoms with Crippen LogP contribution in [0.5, 0.6) is 6.01 Å². The van der Waals surface area contributed by atoms with Gasteiger partial charge in [0.2, 0.25) is 0 Å². The number of hydrogen-bond donors (Lipinski definition) is 1. The van der Waals surface area contributed by atoms with Crippen molar-refractivity contribution >= 4 is 0 Å². The molecule has 0 aliphatic heterocycles. The van der Waals surface area contributed by atoms with E-state index in [1.807, 2.05) is 5.10 Å². The second kappa shape index (κ2) is 5.67. The average molecular weight is 321 g/mol. The molecule has 0 amide bonds. The lowest BCUT2D eigenvalue weighted by molar-refractivity contribution is -0.141. The molecule has 3 rings (SSSR count). The molecule has 0 bridgehead atoms. The van der Waals surface area contributed by atoms with Gasteiger partial charge in [0.1, 0.15) is 11.4 Å². The Morgan fingerprint density at radius 2 is 1.74 bits per heavy atom. The van der Waals surface area contributed by atoms with Crippen LogP contribution in [0.4, 0.5) is 13.2 Å². The Morgan fingerprint density at radius 1 is 1.04 bits per heavy atom. The second-order valence-corrected chi connectivity index (χ2v) is 4.53. The third-order valence-electron chi connectivity index (χ3n) is 3.00. The van der Waals surface area contributed by atoms with Gasteiger partial charge in [0.05, 0.1) is 18.5 Å². The normalized spacial score (nSPS) is 11.5. The largest absolute Gasteiger partial charge is 0.467 e. The van der Waals surface area contributed by atoms with Crippen LogP contribution in [-0.2, 0) is 6.18 Å². The van der Waals surface area contributed by atoms with Crippen LogP contribution in [0.1, 0.15) is 5.69 Å². The minimum atomic E-state index is -4.48. The highest BCUT2D eigenvalue weighted by molar-refractivity contribution is 5.63. The third kappa shape index (κ3) is 3.12. The predicted octanol–water partition coefficient (Wildman–Crippen LogP) is 2.96. The Kier molecular flexibility index (Phi) is 3.68. The van der Waals surface area contributed by atoms with Crippen molar-refractivity contribution in [3.8, 4) is 28.7 Å². The van der Waals surface area contributed by atoms with Crippen LogP contribution in [0, 0.1) is 0 Å². The first-order valence-corrected chi connectivity index (χ1v) is 6.44. The zero-order valence-corrected chi connectivity index (χ0v) is 11.8. The quantitative estimate of drug-likeness (QED) is 0.802. The Balaban J connectivity index is 1.94. The molecule has 0 unspecified atom stereocenters. The fraction of sp³-hybridized carbons (Fsp3) is 0.143. The number of pyridine rings is 1. The van der Waals surface area contributed by atoms with Gasteiger partial charge in [-0.15, -0.1) is 0 Å². The Morgan fingerprint density at radius 3 is 2.35 bits per heavy atom. The molecular weight excluding hydrogens is 311 g/mol. The number of H-pyrrole nitrogens is 1. The molecule has 3 aromatic heterocycles. The zero-order chi connectivity index (χ0) is 16.4. The number of nitrogens with one attached hydrogen (secondary N) is 1. The van der Waals surface area contributed by atoms with Crippen LogP contribution in [-0.4, -0.2) is 32.3 Å².